The maximum atomic E-state index is 12.4. The van der Waals surface area contributed by atoms with Crippen molar-refractivity contribution < 1.29 is 9.72 Å². The molecule has 1 amide bonds. The first-order chi connectivity index (χ1) is 12.0. The van der Waals surface area contributed by atoms with Crippen molar-refractivity contribution in [2.24, 2.45) is 4.99 Å². The van der Waals surface area contributed by atoms with Crippen molar-refractivity contribution in [3.8, 4) is 12.3 Å². The number of benzene rings is 2. The molecule has 0 aliphatic carbocycles. The standard InChI is InChI=1S/C18H13N3O3S/c1-3-10-20-15-9-8-14(21(23)24)11-16(15)25-18(20)19-17(22)13-6-4-12(2)5-7-13/h1,4-9,11H,10H2,2H3. The number of fused-ring (bicyclic) bond motifs is 1. The second kappa shape index (κ2) is 6.71. The summed E-state index contributed by atoms with van der Waals surface area (Å²) in [6.45, 7) is 2.16. The summed E-state index contributed by atoms with van der Waals surface area (Å²) in [7, 11) is 0. The highest BCUT2D eigenvalue weighted by Gasteiger charge is 2.12. The zero-order chi connectivity index (χ0) is 18.0. The van der Waals surface area contributed by atoms with Crippen LogP contribution in [-0.2, 0) is 6.54 Å². The third kappa shape index (κ3) is 3.34. The van der Waals surface area contributed by atoms with E-state index in [9.17, 15) is 14.9 Å². The van der Waals surface area contributed by atoms with E-state index in [0.717, 1.165) is 5.56 Å². The normalized spacial score (nSPS) is 11.4. The first-order valence-electron chi connectivity index (χ1n) is 7.36. The van der Waals surface area contributed by atoms with E-state index in [-0.39, 0.29) is 18.1 Å². The molecule has 0 atom stereocenters. The number of hydrogen-bond donors (Lipinski definition) is 0. The van der Waals surface area contributed by atoms with Crippen molar-refractivity contribution in [1.82, 2.24) is 4.57 Å². The average molecular weight is 351 g/mol. The lowest BCUT2D eigenvalue weighted by atomic mass is 10.1. The van der Waals surface area contributed by atoms with E-state index in [1.54, 1.807) is 22.8 Å². The van der Waals surface area contributed by atoms with E-state index in [4.69, 9.17) is 6.42 Å². The Labute approximate surface area is 147 Å². The summed E-state index contributed by atoms with van der Waals surface area (Å²) in [6, 6.07) is 11.6. The summed E-state index contributed by atoms with van der Waals surface area (Å²) in [6.07, 6.45) is 5.42. The first kappa shape index (κ1) is 16.6. The number of hydrogen-bond acceptors (Lipinski definition) is 4. The van der Waals surface area contributed by atoms with Gasteiger partial charge in [-0.25, -0.2) is 0 Å². The van der Waals surface area contributed by atoms with Gasteiger partial charge in [-0.15, -0.1) is 6.42 Å². The zero-order valence-electron chi connectivity index (χ0n) is 13.3. The number of aromatic nitrogens is 1. The van der Waals surface area contributed by atoms with Gasteiger partial charge in [-0.2, -0.15) is 4.99 Å². The minimum Gasteiger partial charge on any atom is -0.305 e. The van der Waals surface area contributed by atoms with Crippen molar-refractivity contribution in [2.75, 3.05) is 0 Å². The van der Waals surface area contributed by atoms with Gasteiger partial charge >= 0.3 is 0 Å². The Hall–Kier alpha value is -3.24. The summed E-state index contributed by atoms with van der Waals surface area (Å²) >= 11 is 1.20. The van der Waals surface area contributed by atoms with Gasteiger partial charge in [0.15, 0.2) is 4.80 Å². The molecule has 2 aromatic carbocycles. The number of non-ortho nitro benzene ring substituents is 1. The molecule has 0 bridgehead atoms. The number of amides is 1. The molecule has 0 spiro atoms. The van der Waals surface area contributed by atoms with E-state index >= 15 is 0 Å². The third-order valence-electron chi connectivity index (χ3n) is 3.62. The maximum absolute atomic E-state index is 12.4. The quantitative estimate of drug-likeness (QED) is 0.413. The van der Waals surface area contributed by atoms with Crippen molar-refractivity contribution in [3.05, 3.63) is 68.5 Å². The van der Waals surface area contributed by atoms with Crippen molar-refractivity contribution in [1.29, 1.82) is 0 Å². The number of nitrogens with zero attached hydrogens (tertiary/aromatic N) is 3. The molecule has 3 rings (SSSR count). The molecule has 7 heteroatoms. The summed E-state index contributed by atoms with van der Waals surface area (Å²) < 4.78 is 2.36. The molecular weight excluding hydrogens is 338 g/mol. The van der Waals surface area contributed by atoms with Gasteiger partial charge in [0.1, 0.15) is 0 Å². The SMILES string of the molecule is C#CCn1c(=NC(=O)c2ccc(C)cc2)sc2cc([N+](=O)[O-])ccc21. The Balaban J connectivity index is 2.15. The molecule has 25 heavy (non-hydrogen) atoms. The number of thiazole rings is 1. The van der Waals surface area contributed by atoms with Crippen LogP contribution >= 0.6 is 11.3 Å². The van der Waals surface area contributed by atoms with Crippen molar-refractivity contribution in [2.45, 2.75) is 13.5 Å². The van der Waals surface area contributed by atoms with Crippen LogP contribution < -0.4 is 4.80 Å². The van der Waals surface area contributed by atoms with Crippen LogP contribution in [0, 0.1) is 29.4 Å². The molecule has 0 fully saturated rings. The number of nitro groups is 1. The maximum Gasteiger partial charge on any atom is 0.279 e. The number of carbonyl (C=O) groups excluding carboxylic acids is 1. The van der Waals surface area contributed by atoms with E-state index in [1.807, 2.05) is 19.1 Å². The molecule has 3 aromatic rings. The lowest BCUT2D eigenvalue weighted by Crippen LogP contribution is -2.16. The van der Waals surface area contributed by atoms with Crippen LogP contribution in [0.5, 0.6) is 0 Å². The highest BCUT2D eigenvalue weighted by atomic mass is 32.1. The van der Waals surface area contributed by atoms with Crippen LogP contribution in [0.3, 0.4) is 0 Å². The lowest BCUT2D eigenvalue weighted by Gasteiger charge is -2.00. The summed E-state index contributed by atoms with van der Waals surface area (Å²) in [5.74, 6) is 2.14. The predicted octanol–water partition coefficient (Wildman–Crippen LogP) is 3.29. The molecular formula is C18H13N3O3S. The molecule has 0 N–H and O–H groups in total. The molecule has 0 unspecified atom stereocenters. The van der Waals surface area contributed by atoms with Crippen molar-refractivity contribution >= 4 is 33.1 Å². The lowest BCUT2D eigenvalue weighted by molar-refractivity contribution is -0.384. The van der Waals surface area contributed by atoms with Crippen LogP contribution in [0.4, 0.5) is 5.69 Å². The van der Waals surface area contributed by atoms with Gasteiger partial charge in [0.25, 0.3) is 11.6 Å². The summed E-state index contributed by atoms with van der Waals surface area (Å²) in [5, 5.41) is 10.9. The van der Waals surface area contributed by atoms with Gasteiger partial charge in [0.2, 0.25) is 0 Å². The highest BCUT2D eigenvalue weighted by Crippen LogP contribution is 2.23. The van der Waals surface area contributed by atoms with Gasteiger partial charge in [-0.05, 0) is 25.1 Å². The van der Waals surface area contributed by atoms with E-state index in [0.29, 0.717) is 20.6 Å². The molecule has 124 valence electrons. The first-order valence-corrected chi connectivity index (χ1v) is 8.18. The third-order valence-corrected chi connectivity index (χ3v) is 4.66. The van der Waals surface area contributed by atoms with Gasteiger partial charge < -0.3 is 4.57 Å². The fourth-order valence-corrected chi connectivity index (χ4v) is 3.41. The molecule has 0 saturated heterocycles. The molecule has 1 aromatic heterocycles. The van der Waals surface area contributed by atoms with Gasteiger partial charge in [0.05, 0.1) is 21.7 Å². The smallest absolute Gasteiger partial charge is 0.279 e. The Morgan fingerprint density at radius 1 is 1.32 bits per heavy atom. The fraction of sp³-hybridized carbons (Fsp3) is 0.111. The Kier molecular flexibility index (Phi) is 4.46. The van der Waals surface area contributed by atoms with Gasteiger partial charge in [-0.1, -0.05) is 35.0 Å². The van der Waals surface area contributed by atoms with E-state index in [2.05, 4.69) is 10.9 Å². The predicted molar refractivity (Wildman–Crippen MR) is 96.4 cm³/mol. The zero-order valence-corrected chi connectivity index (χ0v) is 14.1. The number of rotatable bonds is 3. The van der Waals surface area contributed by atoms with E-state index in [1.165, 1.54) is 23.5 Å². The minimum atomic E-state index is -0.459. The fourth-order valence-electron chi connectivity index (χ4n) is 2.35. The minimum absolute atomic E-state index is 0.0157. The summed E-state index contributed by atoms with van der Waals surface area (Å²) in [4.78, 5) is 27.5. The monoisotopic (exact) mass is 351 g/mol. The van der Waals surface area contributed by atoms with Gasteiger partial charge in [-0.3, -0.25) is 14.9 Å². The number of carbonyl (C=O) groups is 1. The topological polar surface area (TPSA) is 77.5 Å². The van der Waals surface area contributed by atoms with Crippen LogP contribution in [-0.4, -0.2) is 15.4 Å². The molecule has 0 radical (unpaired) electrons. The van der Waals surface area contributed by atoms with Crippen molar-refractivity contribution in [3.63, 3.8) is 0 Å². The second-order valence-electron chi connectivity index (χ2n) is 5.37. The van der Waals surface area contributed by atoms with Crippen LogP contribution in [0.15, 0.2) is 47.5 Å². The van der Waals surface area contributed by atoms with Crippen LogP contribution in [0.2, 0.25) is 0 Å². The Morgan fingerprint density at radius 2 is 2.04 bits per heavy atom. The second-order valence-corrected chi connectivity index (χ2v) is 6.38. The number of nitro benzene ring substituents is 1. The average Bonchev–Trinajstić information content (AvgIpc) is 2.92. The Bertz CT molecular complexity index is 1090. The van der Waals surface area contributed by atoms with Gasteiger partial charge in [0, 0.05) is 17.7 Å². The summed E-state index contributed by atoms with van der Waals surface area (Å²) in [5.41, 5.74) is 2.22. The number of aryl methyl sites for hydroxylation is 1. The van der Waals surface area contributed by atoms with E-state index < -0.39 is 4.92 Å². The van der Waals surface area contributed by atoms with Crippen LogP contribution in [0.1, 0.15) is 15.9 Å². The molecule has 6 nitrogen and oxygen atoms in total. The molecule has 0 saturated carbocycles. The Morgan fingerprint density at radius 3 is 2.68 bits per heavy atom. The largest absolute Gasteiger partial charge is 0.305 e. The molecule has 0 aliphatic rings. The van der Waals surface area contributed by atoms with Crippen LogP contribution in [0.25, 0.3) is 10.2 Å². The highest BCUT2D eigenvalue weighted by molar-refractivity contribution is 7.16. The molecule has 0 aliphatic heterocycles. The number of terminal acetylenes is 1. The molecule has 1 heterocycles.